The van der Waals surface area contributed by atoms with Crippen molar-refractivity contribution in [1.29, 1.82) is 0 Å². The number of rotatable bonds is 7. The monoisotopic (exact) mass is 488 g/mol. The summed E-state index contributed by atoms with van der Waals surface area (Å²) >= 11 is 3.35. The zero-order valence-corrected chi connectivity index (χ0v) is 19.0. The normalized spacial score (nSPS) is 12.3. The first-order valence-electron chi connectivity index (χ1n) is 9.51. The lowest BCUT2D eigenvalue weighted by molar-refractivity contribution is -0.386. The first-order chi connectivity index (χ1) is 14.7. The van der Waals surface area contributed by atoms with Gasteiger partial charge in [-0.05, 0) is 44.5 Å². The van der Waals surface area contributed by atoms with Crippen molar-refractivity contribution >= 4 is 38.7 Å². The Morgan fingerprint density at radius 3 is 2.74 bits per heavy atom. The molecule has 0 unspecified atom stereocenters. The third kappa shape index (κ3) is 4.74. The fourth-order valence-electron chi connectivity index (χ4n) is 2.89. The molecule has 0 bridgehead atoms. The van der Waals surface area contributed by atoms with Gasteiger partial charge in [0, 0.05) is 16.1 Å². The van der Waals surface area contributed by atoms with Crippen molar-refractivity contribution in [1.82, 2.24) is 9.66 Å². The van der Waals surface area contributed by atoms with Gasteiger partial charge in [-0.2, -0.15) is 9.78 Å². The smallest absolute Gasteiger partial charge is 0.315 e. The molecular formula is C21H21BrN4O5. The highest BCUT2D eigenvalue weighted by Gasteiger charge is 2.23. The summed E-state index contributed by atoms with van der Waals surface area (Å²) in [7, 11) is 1.41. The van der Waals surface area contributed by atoms with Gasteiger partial charge in [0.2, 0.25) is 5.75 Å². The maximum absolute atomic E-state index is 12.9. The van der Waals surface area contributed by atoms with Crippen LogP contribution in [0.25, 0.3) is 10.9 Å². The van der Waals surface area contributed by atoms with Crippen molar-refractivity contribution < 1.29 is 14.4 Å². The molecule has 0 aliphatic carbocycles. The second-order valence-corrected chi connectivity index (χ2v) is 7.76. The highest BCUT2D eigenvalue weighted by molar-refractivity contribution is 9.10. The Morgan fingerprint density at radius 1 is 1.35 bits per heavy atom. The number of nitrogens with zero attached hydrogens (tertiary/aromatic N) is 4. The molecule has 0 radical (unpaired) electrons. The summed E-state index contributed by atoms with van der Waals surface area (Å²) in [5.74, 6) is 0.652. The van der Waals surface area contributed by atoms with E-state index >= 15 is 0 Å². The lowest BCUT2D eigenvalue weighted by Crippen LogP contribution is -2.20. The molecule has 0 spiro atoms. The molecule has 0 N–H and O–H groups in total. The van der Waals surface area contributed by atoms with Crippen molar-refractivity contribution in [2.24, 2.45) is 5.10 Å². The highest BCUT2D eigenvalue weighted by Crippen LogP contribution is 2.38. The topological polar surface area (TPSA) is 109 Å². The van der Waals surface area contributed by atoms with Crippen molar-refractivity contribution in [2.45, 2.75) is 33.3 Å². The van der Waals surface area contributed by atoms with E-state index in [1.165, 1.54) is 19.4 Å². The highest BCUT2D eigenvalue weighted by atomic mass is 79.9. The van der Waals surface area contributed by atoms with E-state index in [1.54, 1.807) is 31.2 Å². The van der Waals surface area contributed by atoms with Crippen LogP contribution >= 0.6 is 15.9 Å². The van der Waals surface area contributed by atoms with Crippen LogP contribution in [0.5, 0.6) is 11.5 Å². The Labute approximate surface area is 186 Å². The third-order valence-electron chi connectivity index (χ3n) is 4.66. The van der Waals surface area contributed by atoms with Gasteiger partial charge in [-0.1, -0.05) is 22.9 Å². The molecule has 0 aliphatic rings. The average Bonchev–Trinajstić information content (AvgIpc) is 2.74. The zero-order valence-electron chi connectivity index (χ0n) is 17.5. The number of ether oxygens (including phenoxy) is 2. The summed E-state index contributed by atoms with van der Waals surface area (Å²) in [5, 5.41) is 16.2. The van der Waals surface area contributed by atoms with E-state index < -0.39 is 4.92 Å². The minimum absolute atomic E-state index is 0.0598. The number of nitro benzene ring substituents is 1. The Morgan fingerprint density at radius 2 is 2.10 bits per heavy atom. The van der Waals surface area contributed by atoms with Crippen molar-refractivity contribution in [3.8, 4) is 11.5 Å². The van der Waals surface area contributed by atoms with Crippen LogP contribution in [-0.2, 0) is 0 Å². The van der Waals surface area contributed by atoms with Gasteiger partial charge in [-0.25, -0.2) is 4.98 Å². The molecule has 0 fully saturated rings. The molecule has 31 heavy (non-hydrogen) atoms. The predicted octanol–water partition coefficient (Wildman–Crippen LogP) is 4.44. The molecule has 0 saturated heterocycles. The van der Waals surface area contributed by atoms with Crippen LogP contribution in [0.15, 0.2) is 44.7 Å². The van der Waals surface area contributed by atoms with Crippen LogP contribution in [0.2, 0.25) is 0 Å². The number of fused-ring (bicyclic) bond motifs is 1. The van der Waals surface area contributed by atoms with Crippen LogP contribution in [0, 0.1) is 17.0 Å². The van der Waals surface area contributed by atoms with Gasteiger partial charge in [0.1, 0.15) is 5.82 Å². The lowest BCUT2D eigenvalue weighted by Gasteiger charge is -2.16. The van der Waals surface area contributed by atoms with Crippen molar-refractivity contribution in [2.75, 3.05) is 7.11 Å². The van der Waals surface area contributed by atoms with E-state index in [0.29, 0.717) is 28.7 Å². The van der Waals surface area contributed by atoms with Crippen molar-refractivity contribution in [3.05, 3.63) is 66.7 Å². The molecule has 162 valence electrons. The lowest BCUT2D eigenvalue weighted by atomic mass is 10.1. The molecule has 1 atom stereocenters. The number of hydrogen-bond donors (Lipinski definition) is 0. The molecule has 0 amide bonds. The van der Waals surface area contributed by atoms with E-state index in [2.05, 4.69) is 26.0 Å². The Kier molecular flexibility index (Phi) is 6.69. The maximum Gasteiger partial charge on any atom is 0.315 e. The second-order valence-electron chi connectivity index (χ2n) is 6.85. The molecule has 9 nitrogen and oxygen atoms in total. The molecule has 0 saturated carbocycles. The van der Waals surface area contributed by atoms with Gasteiger partial charge >= 0.3 is 5.69 Å². The summed E-state index contributed by atoms with van der Waals surface area (Å²) in [6.07, 6.45) is 1.80. The van der Waals surface area contributed by atoms with Gasteiger partial charge in [0.05, 0.1) is 35.3 Å². The standard InChI is InChI=1S/C21H21BrN4O5/c1-5-12(2)31-20-18(26(28)29)8-14(9-19(20)30-4)11-23-25-13(3)24-17-7-6-15(22)10-16(17)21(25)27/h6-12H,5H2,1-4H3/t12-/m0/s1. The van der Waals surface area contributed by atoms with Gasteiger partial charge in [-0.15, -0.1) is 0 Å². The Bertz CT molecular complexity index is 1240. The largest absolute Gasteiger partial charge is 0.493 e. The number of hydrogen-bond acceptors (Lipinski definition) is 7. The minimum atomic E-state index is -0.538. The molecular weight excluding hydrogens is 468 g/mol. The fourth-order valence-corrected chi connectivity index (χ4v) is 3.25. The van der Waals surface area contributed by atoms with Crippen LogP contribution < -0.4 is 15.0 Å². The SMILES string of the molecule is CC[C@H](C)Oc1c(OC)cc(C=Nn2c(C)nc3ccc(Br)cc3c2=O)cc1[N+](=O)[O-]. The predicted molar refractivity (Wildman–Crippen MR) is 121 cm³/mol. The van der Waals surface area contributed by atoms with Gasteiger partial charge in [0.25, 0.3) is 5.56 Å². The molecule has 10 heteroatoms. The molecule has 3 rings (SSSR count). The second kappa shape index (κ2) is 9.25. The number of aryl methyl sites for hydroxylation is 1. The molecule has 0 aliphatic heterocycles. The first kappa shape index (κ1) is 22.4. The van der Waals surface area contributed by atoms with E-state index in [0.717, 1.165) is 9.15 Å². The molecule has 1 heterocycles. The van der Waals surface area contributed by atoms with Crippen LogP contribution in [0.3, 0.4) is 0 Å². The van der Waals surface area contributed by atoms with Crippen LogP contribution in [-0.4, -0.2) is 34.0 Å². The minimum Gasteiger partial charge on any atom is -0.493 e. The average molecular weight is 489 g/mol. The number of halogens is 1. The molecule has 2 aromatic carbocycles. The maximum atomic E-state index is 12.9. The number of aromatic nitrogens is 2. The number of nitro groups is 1. The first-order valence-corrected chi connectivity index (χ1v) is 10.3. The quantitative estimate of drug-likeness (QED) is 0.276. The van der Waals surface area contributed by atoms with E-state index in [1.807, 2.05) is 13.8 Å². The zero-order chi connectivity index (χ0) is 22.7. The van der Waals surface area contributed by atoms with Gasteiger partial charge < -0.3 is 9.47 Å². The Balaban J connectivity index is 2.09. The summed E-state index contributed by atoms with van der Waals surface area (Å²) < 4.78 is 12.9. The van der Waals surface area contributed by atoms with E-state index in [4.69, 9.17) is 9.47 Å². The summed E-state index contributed by atoms with van der Waals surface area (Å²) in [5.41, 5.74) is 0.339. The van der Waals surface area contributed by atoms with Crippen molar-refractivity contribution in [3.63, 3.8) is 0 Å². The Hall–Kier alpha value is -3.27. The third-order valence-corrected chi connectivity index (χ3v) is 5.15. The summed E-state index contributed by atoms with van der Waals surface area (Å²) in [6.45, 7) is 5.39. The van der Waals surface area contributed by atoms with Crippen LogP contribution in [0.1, 0.15) is 31.7 Å². The van der Waals surface area contributed by atoms with Gasteiger partial charge in [0.15, 0.2) is 5.75 Å². The van der Waals surface area contributed by atoms with Crippen LogP contribution in [0.4, 0.5) is 5.69 Å². The number of benzene rings is 2. The molecule has 1 aromatic heterocycles. The fraction of sp³-hybridized carbons (Fsp3) is 0.286. The summed E-state index contributed by atoms with van der Waals surface area (Å²) in [4.78, 5) is 28.4. The van der Waals surface area contributed by atoms with E-state index in [-0.39, 0.29) is 28.8 Å². The summed E-state index contributed by atoms with van der Waals surface area (Å²) in [6, 6.07) is 8.11. The van der Waals surface area contributed by atoms with Gasteiger partial charge in [-0.3, -0.25) is 14.9 Å². The van der Waals surface area contributed by atoms with E-state index in [9.17, 15) is 14.9 Å². The molecule has 3 aromatic rings. The number of methoxy groups -OCH3 is 1.